The van der Waals surface area contributed by atoms with Gasteiger partial charge in [0.1, 0.15) is 6.10 Å². The Hall–Kier alpha value is -1.22. The Balaban J connectivity index is 2.11. The van der Waals surface area contributed by atoms with Crippen LogP contribution in [0.1, 0.15) is 56.0 Å². The van der Waals surface area contributed by atoms with E-state index in [-0.39, 0.29) is 0 Å². The molecule has 1 aliphatic rings. The normalized spacial score (nSPS) is 19.1. The Morgan fingerprint density at radius 3 is 2.71 bits per heavy atom. The molecule has 17 heavy (non-hydrogen) atoms. The molecule has 1 aromatic rings. The second-order valence-corrected chi connectivity index (χ2v) is 4.72. The van der Waals surface area contributed by atoms with Crippen LogP contribution in [0.2, 0.25) is 0 Å². The number of aryl methyl sites for hydroxylation is 1. The first kappa shape index (κ1) is 12.2. The van der Waals surface area contributed by atoms with Crippen molar-refractivity contribution in [2.45, 2.75) is 51.6 Å². The predicted molar refractivity (Wildman–Crippen MR) is 67.5 cm³/mol. The van der Waals surface area contributed by atoms with E-state index in [4.69, 9.17) is 0 Å². The Morgan fingerprint density at radius 1 is 1.12 bits per heavy atom. The highest BCUT2D eigenvalue weighted by Gasteiger charge is 2.15. The van der Waals surface area contributed by atoms with Crippen LogP contribution >= 0.6 is 0 Å². The van der Waals surface area contributed by atoms with Crippen molar-refractivity contribution in [1.82, 2.24) is 9.97 Å². The summed E-state index contributed by atoms with van der Waals surface area (Å²) in [4.78, 5) is 8.44. The van der Waals surface area contributed by atoms with Crippen molar-refractivity contribution >= 4 is 0 Å². The third-order valence-electron chi connectivity index (χ3n) is 3.26. The molecule has 0 saturated heterocycles. The third-order valence-corrected chi connectivity index (χ3v) is 3.26. The molecule has 0 aromatic carbocycles. The van der Waals surface area contributed by atoms with Gasteiger partial charge in [0.05, 0.1) is 17.6 Å². The maximum atomic E-state index is 10.3. The largest absolute Gasteiger partial charge is 0.382 e. The van der Waals surface area contributed by atoms with Gasteiger partial charge in [-0.3, -0.25) is 9.97 Å². The minimum absolute atomic E-state index is 0.568. The number of nitrogens with zero attached hydrogens (tertiary/aromatic N) is 2. The van der Waals surface area contributed by atoms with Gasteiger partial charge in [-0.2, -0.15) is 0 Å². The van der Waals surface area contributed by atoms with E-state index in [9.17, 15) is 5.11 Å². The van der Waals surface area contributed by atoms with Gasteiger partial charge in [-0.05, 0) is 38.2 Å². The van der Waals surface area contributed by atoms with Gasteiger partial charge in [0, 0.05) is 6.20 Å². The van der Waals surface area contributed by atoms with Crippen molar-refractivity contribution < 1.29 is 5.11 Å². The molecule has 3 heteroatoms. The lowest BCUT2D eigenvalue weighted by atomic mass is 9.95. The fourth-order valence-corrected chi connectivity index (χ4v) is 2.20. The second kappa shape index (κ2) is 5.92. The van der Waals surface area contributed by atoms with Gasteiger partial charge >= 0.3 is 0 Å². The van der Waals surface area contributed by atoms with E-state index < -0.39 is 6.10 Å². The Bertz CT molecular complexity index is 384. The van der Waals surface area contributed by atoms with Crippen LogP contribution in [0.3, 0.4) is 0 Å². The van der Waals surface area contributed by atoms with E-state index in [2.05, 4.69) is 16.0 Å². The average Bonchev–Trinajstić information content (AvgIpc) is 2.29. The third kappa shape index (κ3) is 3.37. The number of hydrogen-bond donors (Lipinski definition) is 1. The number of aliphatic hydroxyl groups is 1. The lowest BCUT2D eigenvalue weighted by Gasteiger charge is -2.16. The quantitative estimate of drug-likeness (QED) is 0.797. The van der Waals surface area contributed by atoms with E-state index >= 15 is 0 Å². The van der Waals surface area contributed by atoms with Crippen LogP contribution in [-0.4, -0.2) is 15.1 Å². The number of aliphatic hydroxyl groups excluding tert-OH is 1. The van der Waals surface area contributed by atoms with Crippen LogP contribution in [0.4, 0.5) is 0 Å². The Morgan fingerprint density at radius 2 is 1.94 bits per heavy atom. The number of rotatable bonds is 2. The molecule has 0 spiro atoms. The van der Waals surface area contributed by atoms with Crippen molar-refractivity contribution in [2.75, 3.05) is 0 Å². The van der Waals surface area contributed by atoms with Gasteiger partial charge in [-0.25, -0.2) is 0 Å². The van der Waals surface area contributed by atoms with Crippen molar-refractivity contribution in [1.29, 1.82) is 0 Å². The summed E-state index contributed by atoms with van der Waals surface area (Å²) in [5, 5.41) is 10.3. The van der Waals surface area contributed by atoms with Crippen molar-refractivity contribution in [3.05, 3.63) is 35.4 Å². The van der Waals surface area contributed by atoms with Crippen LogP contribution in [0.5, 0.6) is 0 Å². The van der Waals surface area contributed by atoms with Gasteiger partial charge in [0.25, 0.3) is 0 Å². The summed E-state index contributed by atoms with van der Waals surface area (Å²) in [6.07, 6.45) is 12.0. The van der Waals surface area contributed by atoms with Crippen LogP contribution in [0.15, 0.2) is 24.0 Å². The molecule has 1 heterocycles. The summed E-state index contributed by atoms with van der Waals surface area (Å²) in [5.74, 6) is 0. The molecular formula is C14H20N2O. The molecule has 0 bridgehead atoms. The summed E-state index contributed by atoms with van der Waals surface area (Å²) < 4.78 is 0. The average molecular weight is 232 g/mol. The zero-order valence-corrected chi connectivity index (χ0v) is 10.4. The minimum atomic E-state index is -0.568. The maximum absolute atomic E-state index is 10.3. The molecule has 92 valence electrons. The van der Waals surface area contributed by atoms with Gasteiger partial charge in [-0.15, -0.1) is 0 Å². The van der Waals surface area contributed by atoms with Crippen LogP contribution in [-0.2, 0) is 0 Å². The molecule has 1 unspecified atom stereocenters. The van der Waals surface area contributed by atoms with Gasteiger partial charge in [0.2, 0.25) is 0 Å². The summed E-state index contributed by atoms with van der Waals surface area (Å²) in [6.45, 7) is 1.90. The van der Waals surface area contributed by atoms with E-state index in [0.717, 1.165) is 24.1 Å². The molecule has 2 rings (SSSR count). The molecule has 1 aromatic heterocycles. The summed E-state index contributed by atoms with van der Waals surface area (Å²) >= 11 is 0. The first-order valence-corrected chi connectivity index (χ1v) is 6.43. The summed E-state index contributed by atoms with van der Waals surface area (Å²) in [7, 11) is 0. The molecular weight excluding hydrogens is 212 g/mol. The van der Waals surface area contributed by atoms with Gasteiger partial charge in [-0.1, -0.05) is 18.9 Å². The second-order valence-electron chi connectivity index (χ2n) is 4.72. The Kier molecular flexibility index (Phi) is 4.26. The maximum Gasteiger partial charge on any atom is 0.119 e. The highest BCUT2D eigenvalue weighted by molar-refractivity contribution is 5.18. The molecule has 0 aliphatic heterocycles. The fraction of sp³-hybridized carbons (Fsp3) is 0.571. The van der Waals surface area contributed by atoms with Crippen LogP contribution in [0.25, 0.3) is 0 Å². The van der Waals surface area contributed by atoms with E-state index in [1.165, 1.54) is 25.7 Å². The fourth-order valence-electron chi connectivity index (χ4n) is 2.20. The standard InChI is InChI=1S/C14H20N2O/c1-11-9-16-13(10-15-11)14(17)12-7-5-3-2-4-6-8-12/h7,9-10,14,17H,2-6,8H2,1H3. The number of hydrogen-bond acceptors (Lipinski definition) is 3. The first-order chi connectivity index (χ1) is 8.27. The van der Waals surface area contributed by atoms with Crippen molar-refractivity contribution in [2.24, 2.45) is 0 Å². The van der Waals surface area contributed by atoms with E-state index in [0.29, 0.717) is 5.69 Å². The summed E-state index contributed by atoms with van der Waals surface area (Å²) in [6, 6.07) is 0. The number of allylic oxidation sites excluding steroid dienone is 1. The smallest absolute Gasteiger partial charge is 0.119 e. The monoisotopic (exact) mass is 232 g/mol. The SMILES string of the molecule is Cc1cnc(C(O)C2=CCCCCCC2)cn1. The molecule has 0 fully saturated rings. The van der Waals surface area contributed by atoms with E-state index in [1.807, 2.05) is 6.92 Å². The first-order valence-electron chi connectivity index (χ1n) is 6.43. The molecule has 0 saturated carbocycles. The lowest BCUT2D eigenvalue weighted by Crippen LogP contribution is -2.06. The molecule has 0 radical (unpaired) electrons. The zero-order valence-electron chi connectivity index (χ0n) is 10.4. The minimum Gasteiger partial charge on any atom is -0.382 e. The van der Waals surface area contributed by atoms with Crippen molar-refractivity contribution in [3.63, 3.8) is 0 Å². The molecule has 1 aliphatic carbocycles. The highest BCUT2D eigenvalue weighted by Crippen LogP contribution is 2.27. The molecule has 3 nitrogen and oxygen atoms in total. The highest BCUT2D eigenvalue weighted by atomic mass is 16.3. The number of aromatic nitrogens is 2. The molecule has 0 amide bonds. The predicted octanol–water partition coefficient (Wildman–Crippen LogP) is 3.10. The van der Waals surface area contributed by atoms with Crippen LogP contribution < -0.4 is 0 Å². The van der Waals surface area contributed by atoms with Crippen LogP contribution in [0, 0.1) is 6.92 Å². The van der Waals surface area contributed by atoms with Crippen molar-refractivity contribution in [3.8, 4) is 0 Å². The topological polar surface area (TPSA) is 46.0 Å². The molecule has 1 N–H and O–H groups in total. The van der Waals surface area contributed by atoms with Gasteiger partial charge < -0.3 is 5.11 Å². The summed E-state index contributed by atoms with van der Waals surface area (Å²) in [5.41, 5.74) is 2.66. The van der Waals surface area contributed by atoms with E-state index in [1.54, 1.807) is 12.4 Å². The zero-order chi connectivity index (χ0) is 12.1. The lowest BCUT2D eigenvalue weighted by molar-refractivity contribution is 0.204. The molecule has 1 atom stereocenters. The Labute approximate surface area is 103 Å². The van der Waals surface area contributed by atoms with Gasteiger partial charge in [0.15, 0.2) is 0 Å².